The van der Waals surface area contributed by atoms with Gasteiger partial charge in [-0.15, -0.1) is 11.3 Å². The van der Waals surface area contributed by atoms with Crippen molar-refractivity contribution in [2.45, 2.75) is 32.4 Å². The highest BCUT2D eigenvalue weighted by molar-refractivity contribution is 7.10. The van der Waals surface area contributed by atoms with E-state index >= 15 is 0 Å². The lowest BCUT2D eigenvalue weighted by Crippen LogP contribution is -2.29. The fourth-order valence-corrected chi connectivity index (χ4v) is 2.13. The number of hydrogen-bond donors (Lipinski definition) is 2. The Labute approximate surface area is 83.4 Å². The van der Waals surface area contributed by atoms with Gasteiger partial charge in [-0.25, -0.2) is 0 Å². The quantitative estimate of drug-likeness (QED) is 0.780. The van der Waals surface area contributed by atoms with Gasteiger partial charge >= 0.3 is 0 Å². The molecule has 0 saturated heterocycles. The van der Waals surface area contributed by atoms with E-state index in [4.69, 9.17) is 5.73 Å². The van der Waals surface area contributed by atoms with Crippen molar-refractivity contribution in [2.24, 2.45) is 11.7 Å². The molecule has 1 rings (SSSR count). The van der Waals surface area contributed by atoms with Crippen LogP contribution < -0.4 is 5.73 Å². The second-order valence-corrected chi connectivity index (χ2v) is 4.73. The van der Waals surface area contributed by atoms with Crippen LogP contribution in [0.3, 0.4) is 0 Å². The molecule has 3 heteroatoms. The van der Waals surface area contributed by atoms with Crippen LogP contribution in [0.2, 0.25) is 0 Å². The fourth-order valence-electron chi connectivity index (χ4n) is 1.34. The highest BCUT2D eigenvalue weighted by Crippen LogP contribution is 2.23. The summed E-state index contributed by atoms with van der Waals surface area (Å²) in [5, 5.41) is 11.8. The summed E-state index contributed by atoms with van der Waals surface area (Å²) >= 11 is 1.56. The standard InChI is InChI=1S/C10H17NOS/c1-7(2)6-8(11)10(12)9-4-3-5-13-9/h3-5,7-8,10,12H,6,11H2,1-2H3/t8-,10+/m1/s1. The Morgan fingerprint density at radius 3 is 2.69 bits per heavy atom. The maximum atomic E-state index is 9.81. The summed E-state index contributed by atoms with van der Waals surface area (Å²) in [5.41, 5.74) is 5.87. The normalized spacial score (nSPS) is 16.1. The first kappa shape index (κ1) is 10.7. The Kier molecular flexibility index (Phi) is 3.90. The van der Waals surface area contributed by atoms with Gasteiger partial charge in [-0.05, 0) is 23.8 Å². The molecule has 0 unspecified atom stereocenters. The Morgan fingerprint density at radius 2 is 2.23 bits per heavy atom. The van der Waals surface area contributed by atoms with Gasteiger partial charge in [0, 0.05) is 10.9 Å². The third-order valence-electron chi connectivity index (χ3n) is 1.98. The summed E-state index contributed by atoms with van der Waals surface area (Å²) < 4.78 is 0. The zero-order valence-corrected chi connectivity index (χ0v) is 8.92. The Morgan fingerprint density at radius 1 is 1.54 bits per heavy atom. The van der Waals surface area contributed by atoms with E-state index in [9.17, 15) is 5.11 Å². The molecule has 2 atom stereocenters. The smallest absolute Gasteiger partial charge is 0.103 e. The van der Waals surface area contributed by atoms with Gasteiger partial charge in [-0.3, -0.25) is 0 Å². The molecule has 0 aliphatic carbocycles. The van der Waals surface area contributed by atoms with Crippen molar-refractivity contribution < 1.29 is 5.11 Å². The molecule has 0 aromatic carbocycles. The van der Waals surface area contributed by atoms with E-state index in [1.165, 1.54) is 0 Å². The predicted octanol–water partition coefficient (Wildman–Crippen LogP) is 2.15. The van der Waals surface area contributed by atoms with E-state index in [-0.39, 0.29) is 6.04 Å². The molecule has 0 spiro atoms. The minimum atomic E-state index is -0.498. The summed E-state index contributed by atoms with van der Waals surface area (Å²) in [4.78, 5) is 0.966. The lowest BCUT2D eigenvalue weighted by atomic mass is 9.99. The van der Waals surface area contributed by atoms with Crippen LogP contribution in [0, 0.1) is 5.92 Å². The van der Waals surface area contributed by atoms with Gasteiger partial charge in [-0.2, -0.15) is 0 Å². The van der Waals surface area contributed by atoms with E-state index in [2.05, 4.69) is 13.8 Å². The fraction of sp³-hybridized carbons (Fsp3) is 0.600. The van der Waals surface area contributed by atoms with Crippen molar-refractivity contribution >= 4 is 11.3 Å². The Hall–Kier alpha value is -0.380. The largest absolute Gasteiger partial charge is 0.386 e. The number of thiophene rings is 1. The molecule has 0 saturated carbocycles. The zero-order chi connectivity index (χ0) is 9.84. The highest BCUT2D eigenvalue weighted by atomic mass is 32.1. The molecule has 2 nitrogen and oxygen atoms in total. The summed E-state index contributed by atoms with van der Waals surface area (Å²) in [6.45, 7) is 4.22. The molecule has 13 heavy (non-hydrogen) atoms. The lowest BCUT2D eigenvalue weighted by Gasteiger charge is -2.19. The molecule has 0 aliphatic heterocycles. The van der Waals surface area contributed by atoms with Crippen LogP contribution in [0.25, 0.3) is 0 Å². The first-order valence-corrected chi connectivity index (χ1v) is 5.46. The lowest BCUT2D eigenvalue weighted by molar-refractivity contribution is 0.139. The van der Waals surface area contributed by atoms with Crippen LogP contribution in [0.15, 0.2) is 17.5 Å². The van der Waals surface area contributed by atoms with Gasteiger partial charge in [-0.1, -0.05) is 19.9 Å². The van der Waals surface area contributed by atoms with Crippen LogP contribution in [0.5, 0.6) is 0 Å². The summed E-state index contributed by atoms with van der Waals surface area (Å²) in [6.07, 6.45) is 0.362. The summed E-state index contributed by atoms with van der Waals surface area (Å²) in [7, 11) is 0. The number of nitrogens with two attached hydrogens (primary N) is 1. The molecule has 3 N–H and O–H groups in total. The van der Waals surface area contributed by atoms with Crippen molar-refractivity contribution in [1.29, 1.82) is 0 Å². The topological polar surface area (TPSA) is 46.2 Å². The van der Waals surface area contributed by atoms with E-state index in [0.29, 0.717) is 5.92 Å². The van der Waals surface area contributed by atoms with E-state index in [1.807, 2.05) is 17.5 Å². The second kappa shape index (κ2) is 4.74. The van der Waals surface area contributed by atoms with Crippen molar-refractivity contribution in [3.05, 3.63) is 22.4 Å². The van der Waals surface area contributed by atoms with E-state index in [0.717, 1.165) is 11.3 Å². The molecule has 74 valence electrons. The number of aliphatic hydroxyl groups is 1. The Balaban J connectivity index is 2.52. The highest BCUT2D eigenvalue weighted by Gasteiger charge is 2.18. The second-order valence-electron chi connectivity index (χ2n) is 3.75. The first-order valence-electron chi connectivity index (χ1n) is 4.58. The SMILES string of the molecule is CC(C)C[C@@H](N)[C@H](O)c1cccs1. The Bertz CT molecular complexity index is 233. The number of aliphatic hydroxyl groups excluding tert-OH is 1. The molecule has 1 heterocycles. The number of hydrogen-bond acceptors (Lipinski definition) is 3. The van der Waals surface area contributed by atoms with Crippen LogP contribution in [0.1, 0.15) is 31.2 Å². The molecule has 0 amide bonds. The van der Waals surface area contributed by atoms with E-state index < -0.39 is 6.10 Å². The van der Waals surface area contributed by atoms with Gasteiger partial charge in [0.05, 0.1) is 0 Å². The molecule has 0 fully saturated rings. The summed E-state index contributed by atoms with van der Waals surface area (Å²) in [5.74, 6) is 0.532. The maximum absolute atomic E-state index is 9.81. The minimum Gasteiger partial charge on any atom is -0.386 e. The first-order chi connectivity index (χ1) is 6.11. The van der Waals surface area contributed by atoms with Crippen molar-refractivity contribution in [3.8, 4) is 0 Å². The number of rotatable bonds is 4. The molecule has 1 aromatic heterocycles. The molecular formula is C10H17NOS. The molecule has 0 bridgehead atoms. The van der Waals surface area contributed by atoms with E-state index in [1.54, 1.807) is 11.3 Å². The molecular weight excluding hydrogens is 182 g/mol. The van der Waals surface area contributed by atoms with Crippen LogP contribution >= 0.6 is 11.3 Å². The average molecular weight is 199 g/mol. The summed E-state index contributed by atoms with van der Waals surface area (Å²) in [6, 6.07) is 3.72. The van der Waals surface area contributed by atoms with Crippen LogP contribution in [-0.2, 0) is 0 Å². The van der Waals surface area contributed by atoms with Gasteiger partial charge < -0.3 is 10.8 Å². The predicted molar refractivity (Wildman–Crippen MR) is 56.7 cm³/mol. The van der Waals surface area contributed by atoms with Gasteiger partial charge in [0.25, 0.3) is 0 Å². The van der Waals surface area contributed by atoms with Crippen molar-refractivity contribution in [3.63, 3.8) is 0 Å². The third-order valence-corrected chi connectivity index (χ3v) is 2.93. The van der Waals surface area contributed by atoms with Crippen LogP contribution in [-0.4, -0.2) is 11.1 Å². The van der Waals surface area contributed by atoms with Gasteiger partial charge in [0.15, 0.2) is 0 Å². The average Bonchev–Trinajstić information content (AvgIpc) is 2.53. The molecule has 1 aromatic rings. The minimum absolute atomic E-state index is 0.140. The maximum Gasteiger partial charge on any atom is 0.103 e. The van der Waals surface area contributed by atoms with Gasteiger partial charge in [0.2, 0.25) is 0 Å². The molecule has 0 radical (unpaired) electrons. The van der Waals surface area contributed by atoms with Gasteiger partial charge in [0.1, 0.15) is 6.10 Å². The monoisotopic (exact) mass is 199 g/mol. The van der Waals surface area contributed by atoms with Crippen molar-refractivity contribution in [2.75, 3.05) is 0 Å². The van der Waals surface area contributed by atoms with Crippen LogP contribution in [0.4, 0.5) is 0 Å². The third kappa shape index (κ3) is 3.10. The zero-order valence-electron chi connectivity index (χ0n) is 8.10. The molecule has 0 aliphatic rings. The van der Waals surface area contributed by atoms with Crippen molar-refractivity contribution in [1.82, 2.24) is 0 Å².